The quantitative estimate of drug-likeness (QED) is 0.810. The zero-order chi connectivity index (χ0) is 11.2. The van der Waals surface area contributed by atoms with Gasteiger partial charge in [0.1, 0.15) is 6.07 Å². The van der Waals surface area contributed by atoms with Gasteiger partial charge in [0, 0.05) is 25.5 Å². The Morgan fingerprint density at radius 3 is 2.81 bits per heavy atom. The van der Waals surface area contributed by atoms with E-state index in [9.17, 15) is 0 Å². The van der Waals surface area contributed by atoms with Crippen LogP contribution in [0.4, 0.5) is 5.82 Å². The van der Waals surface area contributed by atoms with Crippen LogP contribution in [-0.4, -0.2) is 41.0 Å². The van der Waals surface area contributed by atoms with Crippen LogP contribution in [0.3, 0.4) is 0 Å². The predicted octanol–water partition coefficient (Wildman–Crippen LogP) is 0.856. The summed E-state index contributed by atoms with van der Waals surface area (Å²) >= 11 is 0. The second-order valence-corrected chi connectivity index (χ2v) is 3.84. The molecule has 84 valence electrons. The van der Waals surface area contributed by atoms with E-state index in [1.54, 1.807) is 6.20 Å². The molecule has 1 aromatic rings. The van der Waals surface area contributed by atoms with Gasteiger partial charge in [-0.2, -0.15) is 5.26 Å². The molecule has 1 fully saturated rings. The van der Waals surface area contributed by atoms with Crippen molar-refractivity contribution in [1.82, 2.24) is 14.9 Å². The lowest BCUT2D eigenvalue weighted by Gasteiger charge is -2.14. The molecule has 16 heavy (non-hydrogen) atoms. The molecule has 0 aromatic carbocycles. The molecule has 0 saturated carbocycles. The highest BCUT2D eigenvalue weighted by atomic mass is 15.2. The number of rotatable bonds is 4. The highest BCUT2D eigenvalue weighted by Crippen LogP contribution is 2.08. The van der Waals surface area contributed by atoms with Crippen LogP contribution in [0.5, 0.6) is 0 Å². The van der Waals surface area contributed by atoms with E-state index in [1.165, 1.54) is 32.1 Å². The van der Waals surface area contributed by atoms with E-state index >= 15 is 0 Å². The van der Waals surface area contributed by atoms with Crippen molar-refractivity contribution < 1.29 is 0 Å². The van der Waals surface area contributed by atoms with Gasteiger partial charge in [-0.3, -0.25) is 0 Å². The number of likely N-dealkylation sites (tertiary alicyclic amines) is 1. The van der Waals surface area contributed by atoms with E-state index in [-0.39, 0.29) is 0 Å². The monoisotopic (exact) mass is 217 g/mol. The average Bonchev–Trinajstić information content (AvgIpc) is 2.83. The second-order valence-electron chi connectivity index (χ2n) is 3.84. The van der Waals surface area contributed by atoms with Crippen LogP contribution in [0.25, 0.3) is 0 Å². The lowest BCUT2D eigenvalue weighted by atomic mass is 10.4. The van der Waals surface area contributed by atoms with Gasteiger partial charge >= 0.3 is 0 Å². The van der Waals surface area contributed by atoms with Crippen LogP contribution >= 0.6 is 0 Å². The summed E-state index contributed by atoms with van der Waals surface area (Å²) in [5, 5.41) is 12.0. The standard InChI is InChI=1S/C11H15N5/c12-9-10-11(14-4-3-13-10)15-5-8-16-6-1-2-7-16/h3-4H,1-2,5-8H2,(H,14,15). The molecule has 2 heterocycles. The Balaban J connectivity index is 1.82. The molecule has 0 unspecified atom stereocenters. The number of aromatic nitrogens is 2. The summed E-state index contributed by atoms with van der Waals surface area (Å²) in [6.45, 7) is 4.19. The van der Waals surface area contributed by atoms with Gasteiger partial charge in [-0.1, -0.05) is 0 Å². The first kappa shape index (κ1) is 10.8. The number of nitrogens with one attached hydrogen (secondary N) is 1. The Bertz CT molecular complexity index is 378. The molecule has 0 atom stereocenters. The van der Waals surface area contributed by atoms with Crippen molar-refractivity contribution in [2.45, 2.75) is 12.8 Å². The summed E-state index contributed by atoms with van der Waals surface area (Å²) in [6, 6.07) is 2.02. The molecular weight excluding hydrogens is 202 g/mol. The van der Waals surface area contributed by atoms with Crippen LogP contribution in [0.2, 0.25) is 0 Å². The lowest BCUT2D eigenvalue weighted by Crippen LogP contribution is -2.26. The summed E-state index contributed by atoms with van der Waals surface area (Å²) < 4.78 is 0. The summed E-state index contributed by atoms with van der Waals surface area (Å²) in [5.41, 5.74) is 0.365. The highest BCUT2D eigenvalue weighted by Gasteiger charge is 2.10. The van der Waals surface area contributed by atoms with Gasteiger partial charge < -0.3 is 10.2 Å². The number of nitriles is 1. The molecule has 0 bridgehead atoms. The van der Waals surface area contributed by atoms with Gasteiger partial charge in [0.05, 0.1) is 0 Å². The van der Waals surface area contributed by atoms with Crippen LogP contribution in [0.1, 0.15) is 18.5 Å². The Labute approximate surface area is 95.1 Å². The van der Waals surface area contributed by atoms with Gasteiger partial charge in [-0.15, -0.1) is 0 Å². The molecule has 0 amide bonds. The molecule has 0 spiro atoms. The minimum Gasteiger partial charge on any atom is -0.366 e. The molecule has 1 aromatic heterocycles. The fourth-order valence-electron chi connectivity index (χ4n) is 1.89. The largest absolute Gasteiger partial charge is 0.366 e. The third-order valence-corrected chi connectivity index (χ3v) is 2.72. The zero-order valence-corrected chi connectivity index (χ0v) is 9.19. The van der Waals surface area contributed by atoms with Crippen molar-refractivity contribution >= 4 is 5.82 Å². The zero-order valence-electron chi connectivity index (χ0n) is 9.19. The van der Waals surface area contributed by atoms with Crippen molar-refractivity contribution in [1.29, 1.82) is 5.26 Å². The van der Waals surface area contributed by atoms with Crippen molar-refractivity contribution in [2.75, 3.05) is 31.5 Å². The normalized spacial score (nSPS) is 15.9. The number of nitrogens with zero attached hydrogens (tertiary/aromatic N) is 4. The number of anilines is 1. The van der Waals surface area contributed by atoms with E-state index in [0.29, 0.717) is 11.5 Å². The Morgan fingerprint density at radius 1 is 1.31 bits per heavy atom. The van der Waals surface area contributed by atoms with Gasteiger partial charge in [0.15, 0.2) is 11.5 Å². The second kappa shape index (κ2) is 5.42. The van der Waals surface area contributed by atoms with Crippen molar-refractivity contribution in [2.24, 2.45) is 0 Å². The summed E-state index contributed by atoms with van der Waals surface area (Å²) in [6.07, 6.45) is 5.73. The Kier molecular flexibility index (Phi) is 3.67. The van der Waals surface area contributed by atoms with Crippen LogP contribution in [-0.2, 0) is 0 Å². The van der Waals surface area contributed by atoms with Gasteiger partial charge in [-0.05, 0) is 25.9 Å². The molecule has 1 aliphatic rings. The van der Waals surface area contributed by atoms with Crippen molar-refractivity contribution in [3.8, 4) is 6.07 Å². The maximum Gasteiger partial charge on any atom is 0.182 e. The van der Waals surface area contributed by atoms with Crippen LogP contribution in [0, 0.1) is 11.3 Å². The molecule has 5 nitrogen and oxygen atoms in total. The van der Waals surface area contributed by atoms with Gasteiger partial charge in [0.2, 0.25) is 0 Å². The molecule has 2 rings (SSSR count). The van der Waals surface area contributed by atoms with E-state index in [4.69, 9.17) is 5.26 Å². The first-order chi connectivity index (χ1) is 7.90. The van der Waals surface area contributed by atoms with Gasteiger partial charge in [0.25, 0.3) is 0 Å². The third-order valence-electron chi connectivity index (χ3n) is 2.72. The minimum absolute atomic E-state index is 0.365. The SMILES string of the molecule is N#Cc1nccnc1NCCN1CCCC1. The van der Waals surface area contributed by atoms with Crippen LogP contribution in [0.15, 0.2) is 12.4 Å². The summed E-state index contributed by atoms with van der Waals surface area (Å²) in [7, 11) is 0. The predicted molar refractivity (Wildman–Crippen MR) is 60.9 cm³/mol. The number of hydrogen-bond donors (Lipinski definition) is 1. The van der Waals surface area contributed by atoms with Crippen LogP contribution < -0.4 is 5.32 Å². The minimum atomic E-state index is 0.365. The third kappa shape index (κ3) is 2.67. The molecule has 1 aliphatic heterocycles. The molecule has 1 N–H and O–H groups in total. The molecule has 0 aliphatic carbocycles. The smallest absolute Gasteiger partial charge is 0.182 e. The summed E-state index contributed by atoms with van der Waals surface area (Å²) in [5.74, 6) is 0.587. The van der Waals surface area contributed by atoms with Crippen molar-refractivity contribution in [3.05, 3.63) is 18.1 Å². The first-order valence-corrected chi connectivity index (χ1v) is 5.57. The Hall–Kier alpha value is -1.67. The summed E-state index contributed by atoms with van der Waals surface area (Å²) in [4.78, 5) is 10.5. The topological polar surface area (TPSA) is 64.8 Å². The van der Waals surface area contributed by atoms with E-state index < -0.39 is 0 Å². The van der Waals surface area contributed by atoms with Crippen molar-refractivity contribution in [3.63, 3.8) is 0 Å². The molecule has 0 radical (unpaired) electrons. The number of hydrogen-bond acceptors (Lipinski definition) is 5. The average molecular weight is 217 g/mol. The molecular formula is C11H15N5. The van der Waals surface area contributed by atoms with Gasteiger partial charge in [-0.25, -0.2) is 9.97 Å². The maximum atomic E-state index is 8.83. The Morgan fingerprint density at radius 2 is 2.06 bits per heavy atom. The molecule has 5 heteroatoms. The first-order valence-electron chi connectivity index (χ1n) is 5.57. The fourth-order valence-corrected chi connectivity index (χ4v) is 1.89. The highest BCUT2D eigenvalue weighted by molar-refractivity contribution is 5.46. The van der Waals surface area contributed by atoms with E-state index in [2.05, 4.69) is 20.2 Å². The van der Waals surface area contributed by atoms with E-state index in [0.717, 1.165) is 13.1 Å². The fraction of sp³-hybridized carbons (Fsp3) is 0.545. The maximum absolute atomic E-state index is 8.83. The lowest BCUT2D eigenvalue weighted by molar-refractivity contribution is 0.352. The molecule has 1 saturated heterocycles. The van der Waals surface area contributed by atoms with E-state index in [1.807, 2.05) is 6.07 Å².